The Hall–Kier alpha value is -3.02. The van der Waals surface area contributed by atoms with Crippen molar-refractivity contribution in [3.8, 4) is 22.8 Å². The van der Waals surface area contributed by atoms with E-state index >= 15 is 0 Å². The second-order valence-electron chi connectivity index (χ2n) is 4.97. The predicted octanol–water partition coefficient (Wildman–Crippen LogP) is 2.47. The molecule has 0 spiro atoms. The molecular formula is C16H12N2O4. The van der Waals surface area contributed by atoms with Crippen LogP contribution in [0.1, 0.15) is 10.4 Å². The smallest absolute Gasteiger partial charge is 0.337 e. The van der Waals surface area contributed by atoms with E-state index in [1.54, 1.807) is 22.9 Å². The number of benzene rings is 1. The minimum absolute atomic E-state index is 0.221. The third-order valence-corrected chi connectivity index (χ3v) is 3.54. The van der Waals surface area contributed by atoms with Gasteiger partial charge in [0.2, 0.25) is 0 Å². The fraction of sp³-hybridized carbons (Fsp3) is 0.125. The zero-order valence-corrected chi connectivity index (χ0v) is 11.5. The van der Waals surface area contributed by atoms with Crippen molar-refractivity contribution < 1.29 is 19.4 Å². The zero-order chi connectivity index (χ0) is 15.1. The molecule has 110 valence electrons. The molecule has 0 bridgehead atoms. The largest absolute Gasteiger partial charge is 0.486 e. The Morgan fingerprint density at radius 3 is 2.73 bits per heavy atom. The van der Waals surface area contributed by atoms with E-state index in [1.807, 2.05) is 18.2 Å². The van der Waals surface area contributed by atoms with Gasteiger partial charge in [-0.2, -0.15) is 0 Å². The van der Waals surface area contributed by atoms with Crippen molar-refractivity contribution in [2.24, 2.45) is 0 Å². The summed E-state index contributed by atoms with van der Waals surface area (Å²) in [6.07, 6.45) is 3.35. The molecule has 0 saturated heterocycles. The Balaban J connectivity index is 1.79. The second kappa shape index (κ2) is 4.77. The van der Waals surface area contributed by atoms with Crippen LogP contribution in [-0.4, -0.2) is 33.7 Å². The number of nitrogens with zero attached hydrogens (tertiary/aromatic N) is 2. The van der Waals surface area contributed by atoms with Crippen LogP contribution in [0, 0.1) is 0 Å². The van der Waals surface area contributed by atoms with Crippen LogP contribution in [0.25, 0.3) is 16.9 Å². The molecule has 0 aliphatic carbocycles. The van der Waals surface area contributed by atoms with E-state index < -0.39 is 5.97 Å². The number of carboxylic acids is 1. The van der Waals surface area contributed by atoms with Crippen molar-refractivity contribution in [1.82, 2.24) is 9.38 Å². The summed E-state index contributed by atoms with van der Waals surface area (Å²) in [6, 6.07) is 8.88. The molecule has 1 aromatic carbocycles. The highest BCUT2D eigenvalue weighted by atomic mass is 16.6. The van der Waals surface area contributed by atoms with Crippen LogP contribution < -0.4 is 9.47 Å². The third kappa shape index (κ3) is 2.05. The van der Waals surface area contributed by atoms with Crippen molar-refractivity contribution in [2.45, 2.75) is 0 Å². The molecule has 0 unspecified atom stereocenters. The van der Waals surface area contributed by atoms with E-state index in [1.165, 1.54) is 6.07 Å². The number of hydrogen-bond donors (Lipinski definition) is 1. The Kier molecular flexibility index (Phi) is 2.75. The van der Waals surface area contributed by atoms with Gasteiger partial charge >= 0.3 is 5.97 Å². The summed E-state index contributed by atoms with van der Waals surface area (Å²) in [4.78, 5) is 15.5. The molecule has 22 heavy (non-hydrogen) atoms. The Morgan fingerprint density at radius 2 is 1.91 bits per heavy atom. The normalized spacial score (nSPS) is 13.3. The van der Waals surface area contributed by atoms with Crippen LogP contribution in [0.15, 0.2) is 42.7 Å². The molecule has 0 saturated carbocycles. The lowest BCUT2D eigenvalue weighted by Crippen LogP contribution is -2.15. The second-order valence-corrected chi connectivity index (χ2v) is 4.97. The number of aromatic carboxylic acids is 1. The quantitative estimate of drug-likeness (QED) is 0.786. The van der Waals surface area contributed by atoms with Crippen LogP contribution in [0.4, 0.5) is 0 Å². The SMILES string of the molecule is O=C(O)c1ccc2nc(-c3ccc4c(c3)OCCO4)cn2c1. The van der Waals surface area contributed by atoms with Gasteiger partial charge in [0.1, 0.15) is 18.9 Å². The Labute approximate surface area is 125 Å². The molecule has 0 fully saturated rings. The number of aromatic nitrogens is 2. The number of imidazole rings is 1. The number of fused-ring (bicyclic) bond motifs is 2. The van der Waals surface area contributed by atoms with E-state index in [0.29, 0.717) is 24.6 Å². The summed E-state index contributed by atoms with van der Waals surface area (Å²) in [7, 11) is 0. The number of hydrogen-bond acceptors (Lipinski definition) is 4. The highest BCUT2D eigenvalue weighted by molar-refractivity contribution is 5.87. The van der Waals surface area contributed by atoms with Gasteiger partial charge in [-0.3, -0.25) is 0 Å². The summed E-state index contributed by atoms with van der Waals surface area (Å²) in [5, 5.41) is 9.04. The van der Waals surface area contributed by atoms with Crippen molar-refractivity contribution in [1.29, 1.82) is 0 Å². The zero-order valence-electron chi connectivity index (χ0n) is 11.5. The molecule has 3 heterocycles. The molecule has 0 atom stereocenters. The van der Waals surface area contributed by atoms with Gasteiger partial charge in [0.15, 0.2) is 11.5 Å². The van der Waals surface area contributed by atoms with Crippen LogP contribution in [-0.2, 0) is 0 Å². The monoisotopic (exact) mass is 296 g/mol. The topological polar surface area (TPSA) is 73.1 Å². The van der Waals surface area contributed by atoms with Crippen LogP contribution in [0.3, 0.4) is 0 Å². The van der Waals surface area contributed by atoms with Crippen molar-refractivity contribution in [2.75, 3.05) is 13.2 Å². The lowest BCUT2D eigenvalue weighted by molar-refractivity contribution is 0.0696. The number of rotatable bonds is 2. The molecule has 0 radical (unpaired) electrons. The van der Waals surface area contributed by atoms with E-state index in [9.17, 15) is 4.79 Å². The Morgan fingerprint density at radius 1 is 1.09 bits per heavy atom. The summed E-state index contributed by atoms with van der Waals surface area (Å²) in [6.45, 7) is 1.09. The van der Waals surface area contributed by atoms with Gasteiger partial charge in [0.25, 0.3) is 0 Å². The molecule has 3 aromatic rings. The standard InChI is InChI=1S/C16H12N2O4/c19-16(20)11-2-4-15-17-12(9-18(15)8-11)10-1-3-13-14(7-10)22-6-5-21-13/h1-4,7-9H,5-6H2,(H,19,20). The minimum atomic E-state index is -0.962. The van der Waals surface area contributed by atoms with Gasteiger partial charge in [-0.15, -0.1) is 0 Å². The Bertz CT molecular complexity index is 885. The molecule has 1 aliphatic rings. The fourth-order valence-electron chi connectivity index (χ4n) is 2.46. The maximum Gasteiger partial charge on any atom is 0.337 e. The van der Waals surface area contributed by atoms with Crippen LogP contribution in [0.2, 0.25) is 0 Å². The molecule has 6 heteroatoms. The number of carbonyl (C=O) groups is 1. The first-order chi connectivity index (χ1) is 10.7. The van der Waals surface area contributed by atoms with E-state index in [0.717, 1.165) is 17.0 Å². The van der Waals surface area contributed by atoms with Crippen molar-refractivity contribution in [3.63, 3.8) is 0 Å². The molecule has 0 amide bonds. The first-order valence-corrected chi connectivity index (χ1v) is 6.83. The highest BCUT2D eigenvalue weighted by Gasteiger charge is 2.14. The molecule has 6 nitrogen and oxygen atoms in total. The van der Waals surface area contributed by atoms with E-state index in [4.69, 9.17) is 14.6 Å². The summed E-state index contributed by atoms with van der Waals surface area (Å²) < 4.78 is 12.8. The number of carboxylic acid groups (broad SMARTS) is 1. The molecule has 4 rings (SSSR count). The number of pyridine rings is 1. The van der Waals surface area contributed by atoms with Crippen LogP contribution in [0.5, 0.6) is 11.5 Å². The average Bonchev–Trinajstić information content (AvgIpc) is 2.97. The lowest BCUT2D eigenvalue weighted by atomic mass is 10.1. The van der Waals surface area contributed by atoms with Gasteiger partial charge < -0.3 is 19.0 Å². The average molecular weight is 296 g/mol. The fourth-order valence-corrected chi connectivity index (χ4v) is 2.46. The predicted molar refractivity (Wildman–Crippen MR) is 78.6 cm³/mol. The van der Waals surface area contributed by atoms with E-state index in [2.05, 4.69) is 4.98 Å². The van der Waals surface area contributed by atoms with Gasteiger partial charge in [-0.05, 0) is 30.3 Å². The third-order valence-electron chi connectivity index (χ3n) is 3.54. The molecule has 2 aromatic heterocycles. The van der Waals surface area contributed by atoms with Gasteiger partial charge in [0, 0.05) is 18.0 Å². The van der Waals surface area contributed by atoms with Gasteiger partial charge in [0.05, 0.1) is 11.3 Å². The summed E-state index contributed by atoms with van der Waals surface area (Å²) >= 11 is 0. The first-order valence-electron chi connectivity index (χ1n) is 6.83. The van der Waals surface area contributed by atoms with Crippen LogP contribution >= 0.6 is 0 Å². The molecule has 1 aliphatic heterocycles. The van der Waals surface area contributed by atoms with E-state index in [-0.39, 0.29) is 5.56 Å². The van der Waals surface area contributed by atoms with Gasteiger partial charge in [-0.25, -0.2) is 9.78 Å². The summed E-state index contributed by atoms with van der Waals surface area (Å²) in [5.41, 5.74) is 2.55. The molecular weight excluding hydrogens is 284 g/mol. The lowest BCUT2D eigenvalue weighted by Gasteiger charge is -2.18. The minimum Gasteiger partial charge on any atom is -0.486 e. The number of ether oxygens (including phenoxy) is 2. The van der Waals surface area contributed by atoms with Gasteiger partial charge in [-0.1, -0.05) is 0 Å². The maximum atomic E-state index is 11.0. The van der Waals surface area contributed by atoms with Crippen molar-refractivity contribution >= 4 is 11.6 Å². The first kappa shape index (κ1) is 12.7. The maximum absolute atomic E-state index is 11.0. The van der Waals surface area contributed by atoms with Crippen molar-refractivity contribution in [3.05, 3.63) is 48.3 Å². The highest BCUT2D eigenvalue weighted by Crippen LogP contribution is 2.34. The molecule has 1 N–H and O–H groups in total. The summed E-state index contributed by atoms with van der Waals surface area (Å²) in [5.74, 6) is 0.468.